The fourth-order valence-corrected chi connectivity index (χ4v) is 1.72. The zero-order chi connectivity index (χ0) is 11.5. The lowest BCUT2D eigenvalue weighted by molar-refractivity contribution is -0.139. The van der Waals surface area contributed by atoms with Gasteiger partial charge in [-0.2, -0.15) is 0 Å². The van der Waals surface area contributed by atoms with Gasteiger partial charge in [-0.1, -0.05) is 30.3 Å². The second-order valence-electron chi connectivity index (χ2n) is 3.81. The standard InChI is InChI=1S/C11H13N3O2/c12-14-11(16)10(15)13-9-6-8(9)7-4-2-1-3-5-7/h1-5,8-9H,6,12H2,(H,13,15)(H,14,16). The molecule has 2 amide bonds. The molecule has 1 aliphatic rings. The maximum absolute atomic E-state index is 11.2. The van der Waals surface area contributed by atoms with Gasteiger partial charge in [0.2, 0.25) is 0 Å². The van der Waals surface area contributed by atoms with E-state index in [9.17, 15) is 9.59 Å². The van der Waals surface area contributed by atoms with Crippen LogP contribution < -0.4 is 16.6 Å². The summed E-state index contributed by atoms with van der Waals surface area (Å²) in [5, 5.41) is 2.62. The molecule has 1 aromatic carbocycles. The Hall–Kier alpha value is -1.88. The van der Waals surface area contributed by atoms with E-state index in [0.717, 1.165) is 6.42 Å². The Bertz CT molecular complexity index is 405. The van der Waals surface area contributed by atoms with Crippen LogP contribution in [0.5, 0.6) is 0 Å². The summed E-state index contributed by atoms with van der Waals surface area (Å²) in [6, 6.07) is 9.94. The maximum atomic E-state index is 11.2. The van der Waals surface area contributed by atoms with Crippen LogP contribution in [0.4, 0.5) is 0 Å². The first kappa shape index (κ1) is 10.6. The number of rotatable bonds is 2. The van der Waals surface area contributed by atoms with E-state index in [0.29, 0.717) is 5.92 Å². The maximum Gasteiger partial charge on any atom is 0.323 e. The van der Waals surface area contributed by atoms with Crippen molar-refractivity contribution in [3.05, 3.63) is 35.9 Å². The van der Waals surface area contributed by atoms with Gasteiger partial charge < -0.3 is 5.32 Å². The van der Waals surface area contributed by atoms with Crippen LogP contribution in [0.2, 0.25) is 0 Å². The van der Waals surface area contributed by atoms with Crippen LogP contribution in [-0.2, 0) is 9.59 Å². The molecule has 2 unspecified atom stereocenters. The predicted octanol–water partition coefficient (Wildman–Crippen LogP) is -0.351. The second kappa shape index (κ2) is 4.32. The second-order valence-corrected chi connectivity index (χ2v) is 3.81. The summed E-state index contributed by atoms with van der Waals surface area (Å²) < 4.78 is 0. The molecule has 16 heavy (non-hydrogen) atoms. The highest BCUT2D eigenvalue weighted by molar-refractivity contribution is 6.35. The molecule has 0 heterocycles. The Morgan fingerprint density at radius 1 is 1.19 bits per heavy atom. The third-order valence-corrected chi connectivity index (χ3v) is 2.67. The molecule has 4 N–H and O–H groups in total. The van der Waals surface area contributed by atoms with Gasteiger partial charge in [0.15, 0.2) is 0 Å². The molecular weight excluding hydrogens is 206 g/mol. The minimum Gasteiger partial charge on any atom is -0.344 e. The summed E-state index contributed by atoms with van der Waals surface area (Å²) in [6.45, 7) is 0. The monoisotopic (exact) mass is 219 g/mol. The average molecular weight is 219 g/mol. The Kier molecular flexibility index (Phi) is 2.87. The van der Waals surface area contributed by atoms with E-state index in [1.54, 1.807) is 5.43 Å². The number of benzene rings is 1. The van der Waals surface area contributed by atoms with Crippen LogP contribution >= 0.6 is 0 Å². The quantitative estimate of drug-likeness (QED) is 0.275. The van der Waals surface area contributed by atoms with Gasteiger partial charge in [0.05, 0.1) is 0 Å². The summed E-state index contributed by atoms with van der Waals surface area (Å²) in [6.07, 6.45) is 0.869. The summed E-state index contributed by atoms with van der Waals surface area (Å²) >= 11 is 0. The highest BCUT2D eigenvalue weighted by atomic mass is 16.2. The van der Waals surface area contributed by atoms with E-state index in [4.69, 9.17) is 5.84 Å². The minimum absolute atomic E-state index is 0.0483. The fraction of sp³-hybridized carbons (Fsp3) is 0.273. The average Bonchev–Trinajstić information content (AvgIpc) is 3.08. The normalized spacial score (nSPS) is 22.3. The molecule has 1 saturated carbocycles. The molecule has 5 nitrogen and oxygen atoms in total. The highest BCUT2D eigenvalue weighted by Crippen LogP contribution is 2.40. The topological polar surface area (TPSA) is 84.2 Å². The van der Waals surface area contributed by atoms with Crippen LogP contribution in [0.25, 0.3) is 0 Å². The van der Waals surface area contributed by atoms with Crippen LogP contribution in [0.1, 0.15) is 17.9 Å². The van der Waals surface area contributed by atoms with Gasteiger partial charge >= 0.3 is 11.8 Å². The lowest BCUT2D eigenvalue weighted by Gasteiger charge is -2.03. The molecule has 1 fully saturated rings. The van der Waals surface area contributed by atoms with Crippen molar-refractivity contribution in [1.29, 1.82) is 0 Å². The molecule has 2 rings (SSSR count). The van der Waals surface area contributed by atoms with Gasteiger partial charge in [-0.3, -0.25) is 15.0 Å². The van der Waals surface area contributed by atoms with Crippen LogP contribution in [-0.4, -0.2) is 17.9 Å². The largest absolute Gasteiger partial charge is 0.344 e. The van der Waals surface area contributed by atoms with Gasteiger partial charge in [0, 0.05) is 12.0 Å². The van der Waals surface area contributed by atoms with E-state index in [-0.39, 0.29) is 6.04 Å². The van der Waals surface area contributed by atoms with Crippen molar-refractivity contribution in [3.63, 3.8) is 0 Å². The lowest BCUT2D eigenvalue weighted by Crippen LogP contribution is -2.44. The Balaban J connectivity index is 1.89. The number of hydrogen-bond donors (Lipinski definition) is 3. The Morgan fingerprint density at radius 2 is 1.88 bits per heavy atom. The molecular formula is C11H13N3O2. The van der Waals surface area contributed by atoms with Gasteiger partial charge in [-0.05, 0) is 12.0 Å². The molecule has 0 radical (unpaired) electrons. The van der Waals surface area contributed by atoms with E-state index < -0.39 is 11.8 Å². The number of carbonyl (C=O) groups is 2. The molecule has 84 valence electrons. The molecule has 1 aliphatic carbocycles. The van der Waals surface area contributed by atoms with E-state index in [1.807, 2.05) is 30.3 Å². The van der Waals surface area contributed by atoms with Crippen molar-refractivity contribution >= 4 is 11.8 Å². The summed E-state index contributed by atoms with van der Waals surface area (Å²) in [4.78, 5) is 22.1. The molecule has 5 heteroatoms. The number of nitrogens with one attached hydrogen (secondary N) is 2. The summed E-state index contributed by atoms with van der Waals surface area (Å²) in [5.41, 5.74) is 2.98. The molecule has 0 spiro atoms. The SMILES string of the molecule is NNC(=O)C(=O)NC1CC1c1ccccc1. The van der Waals surface area contributed by atoms with Gasteiger partial charge in [0.1, 0.15) is 0 Å². The van der Waals surface area contributed by atoms with E-state index in [1.165, 1.54) is 5.56 Å². The number of nitrogens with two attached hydrogens (primary N) is 1. The summed E-state index contributed by atoms with van der Waals surface area (Å²) in [5.74, 6) is 3.69. The number of amides is 2. The van der Waals surface area contributed by atoms with Crippen LogP contribution in [0, 0.1) is 0 Å². The fourth-order valence-electron chi connectivity index (χ4n) is 1.72. The lowest BCUT2D eigenvalue weighted by atomic mass is 10.1. The first-order valence-electron chi connectivity index (χ1n) is 5.08. The smallest absolute Gasteiger partial charge is 0.323 e. The zero-order valence-corrected chi connectivity index (χ0v) is 8.64. The van der Waals surface area contributed by atoms with Gasteiger partial charge in [-0.25, -0.2) is 5.84 Å². The third kappa shape index (κ3) is 2.20. The van der Waals surface area contributed by atoms with Crippen molar-refractivity contribution in [2.24, 2.45) is 5.84 Å². The minimum atomic E-state index is -0.807. The number of hydrogen-bond acceptors (Lipinski definition) is 3. The van der Waals surface area contributed by atoms with Crippen molar-refractivity contribution in [1.82, 2.24) is 10.7 Å². The highest BCUT2D eigenvalue weighted by Gasteiger charge is 2.40. The van der Waals surface area contributed by atoms with Gasteiger partial charge in [0.25, 0.3) is 0 Å². The van der Waals surface area contributed by atoms with Crippen molar-refractivity contribution < 1.29 is 9.59 Å². The van der Waals surface area contributed by atoms with E-state index in [2.05, 4.69) is 5.32 Å². The van der Waals surface area contributed by atoms with Crippen molar-refractivity contribution in [2.75, 3.05) is 0 Å². The van der Waals surface area contributed by atoms with Crippen molar-refractivity contribution in [3.8, 4) is 0 Å². The Labute approximate surface area is 93.0 Å². The molecule has 0 aromatic heterocycles. The Morgan fingerprint density at radius 3 is 2.50 bits per heavy atom. The molecule has 2 atom stereocenters. The van der Waals surface area contributed by atoms with Crippen LogP contribution in [0.15, 0.2) is 30.3 Å². The first-order chi connectivity index (χ1) is 7.72. The first-order valence-corrected chi connectivity index (χ1v) is 5.08. The molecule has 1 aromatic rings. The molecule has 0 aliphatic heterocycles. The number of carbonyl (C=O) groups excluding carboxylic acids is 2. The zero-order valence-electron chi connectivity index (χ0n) is 8.64. The van der Waals surface area contributed by atoms with E-state index >= 15 is 0 Å². The van der Waals surface area contributed by atoms with Gasteiger partial charge in [-0.15, -0.1) is 0 Å². The molecule has 0 bridgehead atoms. The number of hydrazine groups is 1. The molecule has 0 saturated heterocycles. The predicted molar refractivity (Wildman–Crippen MR) is 58.1 cm³/mol. The van der Waals surface area contributed by atoms with Crippen LogP contribution in [0.3, 0.4) is 0 Å². The van der Waals surface area contributed by atoms with Crippen molar-refractivity contribution in [2.45, 2.75) is 18.4 Å². The summed E-state index contributed by atoms with van der Waals surface area (Å²) in [7, 11) is 0. The third-order valence-electron chi connectivity index (χ3n) is 2.67.